The zero-order valence-corrected chi connectivity index (χ0v) is 11.6. The van der Waals surface area contributed by atoms with E-state index in [4.69, 9.17) is 4.74 Å². The second-order valence-electron chi connectivity index (χ2n) is 5.04. The summed E-state index contributed by atoms with van der Waals surface area (Å²) in [6.07, 6.45) is 2.00. The normalized spacial score (nSPS) is 10.9. The van der Waals surface area contributed by atoms with E-state index in [2.05, 4.69) is 19.2 Å². The Labute approximate surface area is 110 Å². The van der Waals surface area contributed by atoms with E-state index >= 15 is 0 Å². The Bertz CT molecular complexity index is 352. The third-order valence-corrected chi connectivity index (χ3v) is 2.71. The summed E-state index contributed by atoms with van der Waals surface area (Å²) in [5, 5.41) is 3.37. The van der Waals surface area contributed by atoms with E-state index in [1.807, 2.05) is 6.07 Å². The van der Waals surface area contributed by atoms with Gasteiger partial charge in [-0.3, -0.25) is 0 Å². The van der Waals surface area contributed by atoms with Crippen molar-refractivity contribution in [1.29, 1.82) is 0 Å². The van der Waals surface area contributed by atoms with Gasteiger partial charge in [0.1, 0.15) is 0 Å². The highest BCUT2D eigenvalue weighted by Crippen LogP contribution is 2.19. The van der Waals surface area contributed by atoms with Crippen LogP contribution in [0, 0.1) is 18.7 Å². The van der Waals surface area contributed by atoms with Crippen molar-refractivity contribution in [3.05, 3.63) is 29.6 Å². The van der Waals surface area contributed by atoms with E-state index in [0.29, 0.717) is 23.8 Å². The lowest BCUT2D eigenvalue weighted by atomic mass is 10.2. The van der Waals surface area contributed by atoms with Crippen LogP contribution in [0.2, 0.25) is 0 Å². The van der Waals surface area contributed by atoms with Crippen LogP contribution in [0.4, 0.5) is 4.39 Å². The van der Waals surface area contributed by atoms with Gasteiger partial charge in [-0.1, -0.05) is 26.0 Å². The summed E-state index contributed by atoms with van der Waals surface area (Å²) in [4.78, 5) is 0. The van der Waals surface area contributed by atoms with E-state index in [-0.39, 0.29) is 5.82 Å². The molecule has 0 radical (unpaired) electrons. The summed E-state index contributed by atoms with van der Waals surface area (Å²) >= 11 is 0. The van der Waals surface area contributed by atoms with Crippen LogP contribution in [0.5, 0.6) is 5.75 Å². The number of hydrogen-bond acceptors (Lipinski definition) is 2. The SMILES string of the molecule is Cc1cccc(OCCCCNCC(C)C)c1F. The maximum atomic E-state index is 13.6. The fourth-order valence-electron chi connectivity index (χ4n) is 1.66. The molecule has 0 aliphatic carbocycles. The van der Waals surface area contributed by atoms with Gasteiger partial charge in [-0.05, 0) is 50.4 Å². The predicted octanol–water partition coefficient (Wildman–Crippen LogP) is 3.54. The predicted molar refractivity (Wildman–Crippen MR) is 73.6 cm³/mol. The second kappa shape index (κ2) is 8.09. The van der Waals surface area contributed by atoms with Crippen molar-refractivity contribution in [3.63, 3.8) is 0 Å². The molecule has 0 spiro atoms. The summed E-state index contributed by atoms with van der Waals surface area (Å²) < 4.78 is 19.0. The number of nitrogens with one attached hydrogen (secondary N) is 1. The van der Waals surface area contributed by atoms with Gasteiger partial charge in [0.2, 0.25) is 0 Å². The molecule has 0 aliphatic heterocycles. The van der Waals surface area contributed by atoms with Crippen molar-refractivity contribution in [1.82, 2.24) is 5.32 Å². The van der Waals surface area contributed by atoms with Crippen molar-refractivity contribution < 1.29 is 9.13 Å². The standard InChI is InChI=1S/C15H24FNO/c1-12(2)11-17-9-4-5-10-18-14-8-6-7-13(3)15(14)16/h6-8,12,17H,4-5,9-11H2,1-3H3. The molecule has 2 nitrogen and oxygen atoms in total. The smallest absolute Gasteiger partial charge is 0.167 e. The van der Waals surface area contributed by atoms with Gasteiger partial charge in [0.05, 0.1) is 6.61 Å². The molecule has 1 rings (SSSR count). The fraction of sp³-hybridized carbons (Fsp3) is 0.600. The van der Waals surface area contributed by atoms with E-state index in [1.54, 1.807) is 19.1 Å². The Morgan fingerprint density at radius 2 is 2.06 bits per heavy atom. The molecular formula is C15H24FNO. The minimum Gasteiger partial charge on any atom is -0.491 e. The van der Waals surface area contributed by atoms with E-state index in [1.165, 1.54) is 0 Å². The third kappa shape index (κ3) is 5.50. The maximum absolute atomic E-state index is 13.6. The number of unbranched alkanes of at least 4 members (excludes halogenated alkanes) is 1. The minimum atomic E-state index is -0.240. The average Bonchev–Trinajstić information content (AvgIpc) is 2.32. The summed E-state index contributed by atoms with van der Waals surface area (Å²) in [7, 11) is 0. The zero-order chi connectivity index (χ0) is 13.4. The Kier molecular flexibility index (Phi) is 6.73. The first-order valence-electron chi connectivity index (χ1n) is 6.70. The third-order valence-electron chi connectivity index (χ3n) is 2.71. The number of ether oxygens (including phenoxy) is 1. The molecule has 1 aromatic rings. The Morgan fingerprint density at radius 3 is 2.78 bits per heavy atom. The van der Waals surface area contributed by atoms with Crippen molar-refractivity contribution in [2.45, 2.75) is 33.6 Å². The topological polar surface area (TPSA) is 21.3 Å². The second-order valence-corrected chi connectivity index (χ2v) is 5.04. The summed E-state index contributed by atoms with van der Waals surface area (Å²) in [6.45, 7) is 8.75. The van der Waals surface area contributed by atoms with E-state index < -0.39 is 0 Å². The highest BCUT2D eigenvalue weighted by molar-refractivity contribution is 5.29. The first-order chi connectivity index (χ1) is 8.61. The number of hydrogen-bond donors (Lipinski definition) is 1. The van der Waals surface area contributed by atoms with Crippen LogP contribution in [0.3, 0.4) is 0 Å². The van der Waals surface area contributed by atoms with Gasteiger partial charge in [-0.25, -0.2) is 4.39 Å². The van der Waals surface area contributed by atoms with Gasteiger partial charge in [0.15, 0.2) is 11.6 Å². The van der Waals surface area contributed by atoms with Crippen LogP contribution in [-0.2, 0) is 0 Å². The number of benzene rings is 1. The largest absolute Gasteiger partial charge is 0.491 e. The van der Waals surface area contributed by atoms with Gasteiger partial charge in [-0.15, -0.1) is 0 Å². The average molecular weight is 253 g/mol. The highest BCUT2D eigenvalue weighted by Gasteiger charge is 2.04. The van der Waals surface area contributed by atoms with Gasteiger partial charge in [0, 0.05) is 0 Å². The Balaban J connectivity index is 2.13. The van der Waals surface area contributed by atoms with Crippen molar-refractivity contribution in [2.75, 3.05) is 19.7 Å². The monoisotopic (exact) mass is 253 g/mol. The molecule has 102 valence electrons. The van der Waals surface area contributed by atoms with Crippen LogP contribution in [-0.4, -0.2) is 19.7 Å². The number of aryl methyl sites for hydroxylation is 1. The van der Waals surface area contributed by atoms with Gasteiger partial charge in [0.25, 0.3) is 0 Å². The lowest BCUT2D eigenvalue weighted by Crippen LogP contribution is -2.21. The fourth-order valence-corrected chi connectivity index (χ4v) is 1.66. The van der Waals surface area contributed by atoms with Crippen LogP contribution in [0.1, 0.15) is 32.3 Å². The molecule has 0 saturated heterocycles. The van der Waals surface area contributed by atoms with E-state index in [9.17, 15) is 4.39 Å². The molecule has 0 saturated carbocycles. The highest BCUT2D eigenvalue weighted by atomic mass is 19.1. The first kappa shape index (κ1) is 15.0. The molecule has 0 unspecified atom stereocenters. The number of rotatable bonds is 8. The molecule has 0 heterocycles. The molecule has 0 atom stereocenters. The van der Waals surface area contributed by atoms with Crippen molar-refractivity contribution in [2.24, 2.45) is 5.92 Å². The Morgan fingerprint density at radius 1 is 1.28 bits per heavy atom. The van der Waals surface area contributed by atoms with Crippen molar-refractivity contribution >= 4 is 0 Å². The van der Waals surface area contributed by atoms with Gasteiger partial charge in [-0.2, -0.15) is 0 Å². The molecule has 1 N–H and O–H groups in total. The van der Waals surface area contributed by atoms with E-state index in [0.717, 1.165) is 25.9 Å². The Hall–Kier alpha value is -1.09. The molecule has 0 fully saturated rings. The van der Waals surface area contributed by atoms with Gasteiger partial charge < -0.3 is 10.1 Å². The quantitative estimate of drug-likeness (QED) is 0.715. The lowest BCUT2D eigenvalue weighted by Gasteiger charge is -2.09. The zero-order valence-electron chi connectivity index (χ0n) is 11.6. The number of halogens is 1. The molecule has 0 bridgehead atoms. The first-order valence-corrected chi connectivity index (χ1v) is 6.70. The van der Waals surface area contributed by atoms with Crippen LogP contribution in [0.15, 0.2) is 18.2 Å². The molecule has 18 heavy (non-hydrogen) atoms. The minimum absolute atomic E-state index is 0.240. The summed E-state index contributed by atoms with van der Waals surface area (Å²) in [5.41, 5.74) is 0.631. The lowest BCUT2D eigenvalue weighted by molar-refractivity contribution is 0.290. The maximum Gasteiger partial charge on any atom is 0.167 e. The molecule has 3 heteroatoms. The van der Waals surface area contributed by atoms with Crippen LogP contribution in [0.25, 0.3) is 0 Å². The molecule has 0 aromatic heterocycles. The summed E-state index contributed by atoms with van der Waals surface area (Å²) in [6, 6.07) is 5.25. The van der Waals surface area contributed by atoms with Crippen LogP contribution >= 0.6 is 0 Å². The van der Waals surface area contributed by atoms with Crippen LogP contribution < -0.4 is 10.1 Å². The van der Waals surface area contributed by atoms with Crippen molar-refractivity contribution in [3.8, 4) is 5.75 Å². The molecule has 0 aliphatic rings. The van der Waals surface area contributed by atoms with Gasteiger partial charge >= 0.3 is 0 Å². The molecule has 1 aromatic carbocycles. The molecule has 0 amide bonds. The molecular weight excluding hydrogens is 229 g/mol. The summed E-state index contributed by atoms with van der Waals surface area (Å²) in [5.74, 6) is 0.809.